The van der Waals surface area contributed by atoms with Crippen LogP contribution in [0.4, 0.5) is 0 Å². The molecule has 0 fully saturated rings. The van der Waals surface area contributed by atoms with Gasteiger partial charge < -0.3 is 19.7 Å². The Hall–Kier alpha value is -1.46. The van der Waals surface area contributed by atoms with Gasteiger partial charge in [0.1, 0.15) is 0 Å². The van der Waals surface area contributed by atoms with Crippen LogP contribution >= 0.6 is 11.6 Å². The van der Waals surface area contributed by atoms with E-state index in [9.17, 15) is 9.90 Å². The Balaban J connectivity index is 2.27. The van der Waals surface area contributed by atoms with E-state index < -0.39 is 17.5 Å². The molecule has 6 heteroatoms. The second-order valence-electron chi connectivity index (χ2n) is 5.78. The van der Waals surface area contributed by atoms with Gasteiger partial charge in [-0.05, 0) is 26.3 Å². The van der Waals surface area contributed by atoms with Crippen LogP contribution in [-0.4, -0.2) is 29.4 Å². The Labute approximate surface area is 128 Å². The van der Waals surface area contributed by atoms with Gasteiger partial charge in [-0.2, -0.15) is 0 Å². The number of carboxylic acid groups (broad SMARTS) is 1. The monoisotopic (exact) mass is 314 g/mol. The number of hydrogen-bond acceptors (Lipinski definition) is 4. The Morgan fingerprint density at radius 2 is 1.90 bits per heavy atom. The van der Waals surface area contributed by atoms with Crippen molar-refractivity contribution in [3.05, 3.63) is 22.7 Å². The predicted molar refractivity (Wildman–Crippen MR) is 78.1 cm³/mol. The van der Waals surface area contributed by atoms with Gasteiger partial charge in [0.25, 0.3) is 0 Å². The summed E-state index contributed by atoms with van der Waals surface area (Å²) in [6.45, 7) is 4.22. The van der Waals surface area contributed by atoms with Crippen molar-refractivity contribution in [1.82, 2.24) is 0 Å². The van der Waals surface area contributed by atoms with E-state index in [4.69, 9.17) is 26.2 Å². The van der Waals surface area contributed by atoms with Crippen molar-refractivity contribution in [2.45, 2.75) is 32.8 Å². The normalized spacial score (nSPS) is 16.2. The molecule has 1 atom stereocenters. The van der Waals surface area contributed by atoms with E-state index in [0.717, 1.165) is 6.42 Å². The summed E-state index contributed by atoms with van der Waals surface area (Å²) in [6, 6.07) is 3.24. The van der Waals surface area contributed by atoms with Crippen LogP contribution in [0, 0.1) is 5.41 Å². The van der Waals surface area contributed by atoms with Crippen molar-refractivity contribution >= 4 is 17.6 Å². The lowest BCUT2D eigenvalue weighted by atomic mass is 9.85. The standard InChI is InChI=1S/C15H19ClO5/c1-15(2,14(18)19)8-11(17)9-6-12-13(7-10(9)16)21-5-3-4-20-12/h6-7,11,17H,3-5,8H2,1-2H3,(H,18,19). The van der Waals surface area contributed by atoms with Gasteiger partial charge in [-0.1, -0.05) is 11.6 Å². The average Bonchev–Trinajstić information content (AvgIpc) is 2.61. The number of fused-ring (bicyclic) bond motifs is 1. The predicted octanol–water partition coefficient (Wildman–Crippen LogP) is 3.04. The quantitative estimate of drug-likeness (QED) is 0.893. The second-order valence-corrected chi connectivity index (χ2v) is 6.19. The van der Waals surface area contributed by atoms with Crippen LogP contribution in [-0.2, 0) is 4.79 Å². The number of aliphatic hydroxyl groups is 1. The van der Waals surface area contributed by atoms with Crippen LogP contribution in [0.2, 0.25) is 5.02 Å². The van der Waals surface area contributed by atoms with Gasteiger partial charge in [0.05, 0.1) is 29.8 Å². The van der Waals surface area contributed by atoms with Crippen molar-refractivity contribution in [3.63, 3.8) is 0 Å². The van der Waals surface area contributed by atoms with E-state index in [1.54, 1.807) is 26.0 Å². The molecule has 5 nitrogen and oxygen atoms in total. The van der Waals surface area contributed by atoms with E-state index in [1.807, 2.05) is 0 Å². The lowest BCUT2D eigenvalue weighted by Gasteiger charge is -2.24. The first-order valence-corrected chi connectivity index (χ1v) is 7.19. The first kappa shape index (κ1) is 15.9. The molecule has 0 spiro atoms. The third-order valence-corrected chi connectivity index (χ3v) is 3.84. The summed E-state index contributed by atoms with van der Waals surface area (Å²) in [5, 5.41) is 19.8. The third kappa shape index (κ3) is 3.60. The fourth-order valence-corrected chi connectivity index (χ4v) is 2.42. The molecule has 1 heterocycles. The molecular weight excluding hydrogens is 296 g/mol. The molecule has 1 unspecified atom stereocenters. The summed E-state index contributed by atoms with van der Waals surface area (Å²) in [5.41, 5.74) is -0.595. The molecule has 116 valence electrons. The zero-order valence-corrected chi connectivity index (χ0v) is 12.8. The third-order valence-electron chi connectivity index (χ3n) is 3.51. The molecule has 1 aliphatic heterocycles. The summed E-state index contributed by atoms with van der Waals surface area (Å²) in [4.78, 5) is 11.2. The zero-order valence-electron chi connectivity index (χ0n) is 12.1. The van der Waals surface area contributed by atoms with Crippen molar-refractivity contribution in [3.8, 4) is 11.5 Å². The Morgan fingerprint density at radius 1 is 1.33 bits per heavy atom. The van der Waals surface area contributed by atoms with Gasteiger partial charge in [0.2, 0.25) is 0 Å². The molecule has 1 aliphatic rings. The maximum Gasteiger partial charge on any atom is 0.309 e. The van der Waals surface area contributed by atoms with Gasteiger partial charge in [-0.15, -0.1) is 0 Å². The number of ether oxygens (including phenoxy) is 2. The van der Waals surface area contributed by atoms with Gasteiger partial charge in [0, 0.05) is 18.1 Å². The molecule has 0 amide bonds. The number of carboxylic acids is 1. The highest BCUT2D eigenvalue weighted by molar-refractivity contribution is 6.31. The molecule has 0 aromatic heterocycles. The topological polar surface area (TPSA) is 76.0 Å². The SMILES string of the molecule is CC(C)(CC(O)c1cc2c(cc1Cl)OCCCO2)C(=O)O. The van der Waals surface area contributed by atoms with E-state index in [1.165, 1.54) is 0 Å². The number of aliphatic carboxylic acids is 1. The van der Waals surface area contributed by atoms with E-state index >= 15 is 0 Å². The first-order valence-electron chi connectivity index (χ1n) is 6.82. The smallest absolute Gasteiger partial charge is 0.309 e. The highest BCUT2D eigenvalue weighted by Crippen LogP contribution is 2.40. The van der Waals surface area contributed by atoms with Crippen molar-refractivity contribution in [2.24, 2.45) is 5.41 Å². The van der Waals surface area contributed by atoms with Crippen LogP contribution in [0.25, 0.3) is 0 Å². The van der Waals surface area contributed by atoms with Crippen molar-refractivity contribution < 1.29 is 24.5 Å². The average molecular weight is 315 g/mol. The number of aliphatic hydroxyl groups excluding tert-OH is 1. The molecule has 0 aliphatic carbocycles. The molecule has 0 saturated heterocycles. The van der Waals surface area contributed by atoms with Crippen molar-refractivity contribution in [1.29, 1.82) is 0 Å². The largest absolute Gasteiger partial charge is 0.490 e. The highest BCUT2D eigenvalue weighted by atomic mass is 35.5. The molecule has 2 N–H and O–H groups in total. The highest BCUT2D eigenvalue weighted by Gasteiger charge is 2.32. The molecule has 1 aromatic carbocycles. The number of benzene rings is 1. The van der Waals surface area contributed by atoms with E-state index in [0.29, 0.717) is 35.3 Å². The summed E-state index contributed by atoms with van der Waals surface area (Å²) < 4.78 is 11.1. The summed E-state index contributed by atoms with van der Waals surface area (Å²) in [5.74, 6) is 0.108. The first-order chi connectivity index (χ1) is 9.81. The minimum Gasteiger partial charge on any atom is -0.490 e. The molecule has 21 heavy (non-hydrogen) atoms. The minimum absolute atomic E-state index is 0.0572. The molecule has 0 radical (unpaired) electrons. The lowest BCUT2D eigenvalue weighted by molar-refractivity contribution is -0.148. The van der Waals surface area contributed by atoms with Crippen LogP contribution < -0.4 is 9.47 Å². The lowest BCUT2D eigenvalue weighted by Crippen LogP contribution is -2.26. The molecule has 2 rings (SSSR count). The molecule has 0 saturated carbocycles. The van der Waals surface area contributed by atoms with Gasteiger partial charge in [-0.25, -0.2) is 0 Å². The molecular formula is C15H19ClO5. The Morgan fingerprint density at radius 3 is 2.48 bits per heavy atom. The Kier molecular flexibility index (Phi) is 4.64. The summed E-state index contributed by atoms with van der Waals surface area (Å²) in [7, 11) is 0. The molecule has 1 aromatic rings. The maximum atomic E-state index is 11.2. The second kappa shape index (κ2) is 6.12. The fourth-order valence-electron chi connectivity index (χ4n) is 2.14. The van der Waals surface area contributed by atoms with Gasteiger partial charge in [-0.3, -0.25) is 4.79 Å². The number of halogens is 1. The summed E-state index contributed by atoms with van der Waals surface area (Å²) >= 11 is 6.17. The van der Waals surface area contributed by atoms with E-state index in [-0.39, 0.29) is 6.42 Å². The van der Waals surface area contributed by atoms with Crippen LogP contribution in [0.15, 0.2) is 12.1 Å². The Bertz CT molecular complexity index is 541. The minimum atomic E-state index is -1.05. The van der Waals surface area contributed by atoms with E-state index in [2.05, 4.69) is 0 Å². The number of hydrogen-bond donors (Lipinski definition) is 2. The van der Waals surface area contributed by atoms with Crippen molar-refractivity contribution in [2.75, 3.05) is 13.2 Å². The van der Waals surface area contributed by atoms with Crippen LogP contribution in [0.1, 0.15) is 38.4 Å². The molecule has 0 bridgehead atoms. The fraction of sp³-hybridized carbons (Fsp3) is 0.533. The van der Waals surface area contributed by atoms with Gasteiger partial charge >= 0.3 is 5.97 Å². The summed E-state index contributed by atoms with van der Waals surface area (Å²) in [6.07, 6.45) is -0.154. The van der Waals surface area contributed by atoms with Crippen LogP contribution in [0.3, 0.4) is 0 Å². The van der Waals surface area contributed by atoms with Gasteiger partial charge in [0.15, 0.2) is 11.5 Å². The number of carbonyl (C=O) groups is 1. The maximum absolute atomic E-state index is 11.2. The van der Waals surface area contributed by atoms with Crippen LogP contribution in [0.5, 0.6) is 11.5 Å². The zero-order chi connectivity index (χ0) is 15.6. The number of rotatable bonds is 4.